The molecule has 1 heterocycles. The van der Waals surface area contributed by atoms with Gasteiger partial charge in [-0.15, -0.1) is 0 Å². The maximum atomic E-state index is 12.9. The molecular formula is C10H10FN3O2S. The zero-order valence-electron chi connectivity index (χ0n) is 8.96. The summed E-state index contributed by atoms with van der Waals surface area (Å²) in [4.78, 5) is 3.72. The second kappa shape index (κ2) is 4.17. The molecule has 90 valence electrons. The van der Waals surface area contributed by atoms with E-state index in [2.05, 4.69) is 9.71 Å². The van der Waals surface area contributed by atoms with Gasteiger partial charge in [0.05, 0.1) is 12.0 Å². The van der Waals surface area contributed by atoms with Gasteiger partial charge in [0, 0.05) is 13.2 Å². The van der Waals surface area contributed by atoms with Crippen molar-refractivity contribution in [1.29, 1.82) is 0 Å². The van der Waals surface area contributed by atoms with Crippen LogP contribution in [0.4, 0.5) is 10.1 Å². The number of nitrogens with one attached hydrogen (secondary N) is 1. The molecule has 0 saturated carbocycles. The second-order valence-corrected chi connectivity index (χ2v) is 5.12. The summed E-state index contributed by atoms with van der Waals surface area (Å²) >= 11 is 0. The lowest BCUT2D eigenvalue weighted by Gasteiger charge is -2.05. The van der Waals surface area contributed by atoms with Crippen LogP contribution in [0.15, 0.2) is 41.8 Å². The fourth-order valence-corrected chi connectivity index (χ4v) is 2.32. The van der Waals surface area contributed by atoms with Gasteiger partial charge >= 0.3 is 0 Å². The lowest BCUT2D eigenvalue weighted by Crippen LogP contribution is -2.13. The summed E-state index contributed by atoms with van der Waals surface area (Å²) in [5.74, 6) is -0.508. The predicted octanol–water partition coefficient (Wildman–Crippen LogP) is 1.36. The lowest BCUT2D eigenvalue weighted by molar-refractivity contribution is 0.598. The largest absolute Gasteiger partial charge is 0.339 e. The smallest absolute Gasteiger partial charge is 0.280 e. The molecule has 7 heteroatoms. The van der Waals surface area contributed by atoms with Gasteiger partial charge in [-0.25, -0.2) is 9.37 Å². The summed E-state index contributed by atoms with van der Waals surface area (Å²) < 4.78 is 40.3. The van der Waals surface area contributed by atoms with E-state index in [1.54, 1.807) is 7.05 Å². The fraction of sp³-hybridized carbons (Fsp3) is 0.100. The van der Waals surface area contributed by atoms with Gasteiger partial charge in [-0.2, -0.15) is 8.42 Å². The van der Waals surface area contributed by atoms with Crippen LogP contribution in [0.1, 0.15) is 0 Å². The summed E-state index contributed by atoms with van der Waals surface area (Å²) in [6.45, 7) is 0. The quantitative estimate of drug-likeness (QED) is 0.900. The van der Waals surface area contributed by atoms with Crippen LogP contribution < -0.4 is 4.72 Å². The Morgan fingerprint density at radius 1 is 1.41 bits per heavy atom. The van der Waals surface area contributed by atoms with Crippen LogP contribution in [0.5, 0.6) is 0 Å². The Morgan fingerprint density at radius 2 is 2.18 bits per heavy atom. The van der Waals surface area contributed by atoms with Gasteiger partial charge in [0.25, 0.3) is 10.0 Å². The molecule has 0 radical (unpaired) electrons. The van der Waals surface area contributed by atoms with Crippen LogP contribution >= 0.6 is 0 Å². The Morgan fingerprint density at radius 3 is 2.76 bits per heavy atom. The molecule has 0 amide bonds. The fourth-order valence-electron chi connectivity index (χ4n) is 1.29. The first-order valence-electron chi connectivity index (χ1n) is 4.74. The second-order valence-electron chi connectivity index (χ2n) is 3.49. The number of nitrogens with zero attached hydrogens (tertiary/aromatic N) is 2. The third-order valence-electron chi connectivity index (χ3n) is 2.03. The molecule has 5 nitrogen and oxygen atoms in total. The van der Waals surface area contributed by atoms with E-state index in [1.165, 1.54) is 35.3 Å². The third-order valence-corrected chi connectivity index (χ3v) is 3.30. The highest BCUT2D eigenvalue weighted by Crippen LogP contribution is 2.14. The molecule has 0 bridgehead atoms. The molecule has 0 saturated heterocycles. The maximum Gasteiger partial charge on any atom is 0.280 e. The number of hydrogen-bond acceptors (Lipinski definition) is 3. The number of anilines is 1. The zero-order valence-corrected chi connectivity index (χ0v) is 9.78. The minimum atomic E-state index is -3.76. The van der Waals surface area contributed by atoms with E-state index in [9.17, 15) is 12.8 Å². The van der Waals surface area contributed by atoms with Crippen molar-refractivity contribution >= 4 is 15.7 Å². The number of sulfonamides is 1. The van der Waals surface area contributed by atoms with E-state index in [0.29, 0.717) is 0 Å². The van der Waals surface area contributed by atoms with Gasteiger partial charge in [-0.05, 0) is 18.2 Å². The topological polar surface area (TPSA) is 64.0 Å². The molecule has 0 aliphatic carbocycles. The highest BCUT2D eigenvalue weighted by atomic mass is 32.2. The van der Waals surface area contributed by atoms with Gasteiger partial charge < -0.3 is 4.57 Å². The van der Waals surface area contributed by atoms with E-state index in [1.807, 2.05) is 0 Å². The van der Waals surface area contributed by atoms with Crippen molar-refractivity contribution in [3.8, 4) is 0 Å². The average Bonchev–Trinajstić information content (AvgIpc) is 2.65. The monoisotopic (exact) mass is 255 g/mol. The number of imidazole rings is 1. The van der Waals surface area contributed by atoms with Crippen molar-refractivity contribution in [3.05, 3.63) is 42.6 Å². The van der Waals surface area contributed by atoms with Crippen molar-refractivity contribution < 1.29 is 12.8 Å². The minimum Gasteiger partial charge on any atom is -0.339 e. The number of benzene rings is 1. The Hall–Kier alpha value is -1.89. The number of aromatic nitrogens is 2. The molecule has 0 spiro atoms. The third kappa shape index (κ3) is 2.62. The molecule has 2 rings (SSSR count). The standard InChI is InChI=1S/C10H10FN3O2S/c1-14-6-10(12-7-14)17(15,16)13-9-4-2-3-8(11)5-9/h2-7,13H,1H3. The van der Waals surface area contributed by atoms with E-state index in [-0.39, 0.29) is 10.7 Å². The van der Waals surface area contributed by atoms with Crippen LogP contribution in [0.2, 0.25) is 0 Å². The SMILES string of the molecule is Cn1cnc(S(=O)(=O)Nc2cccc(F)c2)c1. The minimum absolute atomic E-state index is 0.107. The van der Waals surface area contributed by atoms with Gasteiger partial charge in [0.1, 0.15) is 5.82 Å². The highest BCUT2D eigenvalue weighted by molar-refractivity contribution is 7.92. The van der Waals surface area contributed by atoms with E-state index in [0.717, 1.165) is 6.07 Å². The number of hydrogen-bond donors (Lipinski definition) is 1. The summed E-state index contributed by atoms with van der Waals surface area (Å²) in [5, 5.41) is -0.107. The number of halogens is 1. The summed E-state index contributed by atoms with van der Waals surface area (Å²) in [5.41, 5.74) is 0.163. The first-order chi connectivity index (χ1) is 7.97. The van der Waals surface area contributed by atoms with Crippen LogP contribution in [0, 0.1) is 5.82 Å². The molecule has 2 aromatic rings. The van der Waals surface area contributed by atoms with Crippen LogP contribution in [0.25, 0.3) is 0 Å². The maximum absolute atomic E-state index is 12.9. The van der Waals surface area contributed by atoms with E-state index >= 15 is 0 Å². The molecular weight excluding hydrogens is 245 g/mol. The zero-order chi connectivity index (χ0) is 12.5. The van der Waals surface area contributed by atoms with Gasteiger partial charge in [-0.1, -0.05) is 6.07 Å². The van der Waals surface area contributed by atoms with Gasteiger partial charge in [0.15, 0.2) is 5.03 Å². The van der Waals surface area contributed by atoms with Crippen LogP contribution in [0.3, 0.4) is 0 Å². The summed E-state index contributed by atoms with van der Waals surface area (Å²) in [6, 6.07) is 5.22. The van der Waals surface area contributed by atoms with Crippen LogP contribution in [-0.4, -0.2) is 18.0 Å². The molecule has 0 aliphatic heterocycles. The van der Waals surface area contributed by atoms with E-state index < -0.39 is 15.8 Å². The molecule has 17 heavy (non-hydrogen) atoms. The molecule has 1 aromatic heterocycles. The van der Waals surface area contributed by atoms with Crippen molar-refractivity contribution in [2.45, 2.75) is 5.03 Å². The van der Waals surface area contributed by atoms with Crippen LogP contribution in [-0.2, 0) is 17.1 Å². The van der Waals surface area contributed by atoms with Gasteiger partial charge in [0.2, 0.25) is 0 Å². The molecule has 1 N–H and O–H groups in total. The van der Waals surface area contributed by atoms with Crippen molar-refractivity contribution in [3.63, 3.8) is 0 Å². The average molecular weight is 255 g/mol. The normalized spacial score (nSPS) is 11.4. The molecule has 0 atom stereocenters. The molecule has 0 aliphatic rings. The number of rotatable bonds is 3. The van der Waals surface area contributed by atoms with E-state index in [4.69, 9.17) is 0 Å². The Bertz CT molecular complexity index is 637. The van der Waals surface area contributed by atoms with Crippen molar-refractivity contribution in [1.82, 2.24) is 9.55 Å². The lowest BCUT2D eigenvalue weighted by atomic mass is 10.3. The molecule has 0 fully saturated rings. The molecule has 0 unspecified atom stereocenters. The first-order valence-corrected chi connectivity index (χ1v) is 6.22. The Kier molecular flexibility index (Phi) is 2.84. The molecule has 1 aromatic carbocycles. The van der Waals surface area contributed by atoms with Crippen molar-refractivity contribution in [2.24, 2.45) is 7.05 Å². The first kappa shape index (κ1) is 11.6. The predicted molar refractivity (Wildman–Crippen MR) is 60.4 cm³/mol. The van der Waals surface area contributed by atoms with Crippen molar-refractivity contribution in [2.75, 3.05) is 4.72 Å². The summed E-state index contributed by atoms with van der Waals surface area (Å²) in [7, 11) is -2.10. The Balaban J connectivity index is 2.29. The van der Waals surface area contributed by atoms with Gasteiger partial charge in [-0.3, -0.25) is 4.72 Å². The number of aryl methyl sites for hydroxylation is 1. The highest BCUT2D eigenvalue weighted by Gasteiger charge is 2.16. The Labute approximate surface area is 98.0 Å². The summed E-state index contributed by atoms with van der Waals surface area (Å²) in [6.07, 6.45) is 2.74.